The standard InChI is InChI=1S/C21H30BrNO5/c1-21(2,3)28-20(25)23-18(19(24)27-17-7-4-5-8-17)9-6-14-26-16-12-10-15(22)11-13-16/h10-13,17-18H,4-9,14H2,1-3H3,(H,23,25)/t18-/m0/s1. The summed E-state index contributed by atoms with van der Waals surface area (Å²) in [5.41, 5.74) is -0.630. The maximum atomic E-state index is 12.6. The molecule has 1 saturated carbocycles. The van der Waals surface area contributed by atoms with E-state index in [9.17, 15) is 9.59 Å². The zero-order valence-electron chi connectivity index (χ0n) is 16.8. The maximum absolute atomic E-state index is 12.6. The summed E-state index contributed by atoms with van der Waals surface area (Å²) in [5.74, 6) is 0.356. The molecule has 0 aliphatic heterocycles. The van der Waals surface area contributed by atoms with Crippen LogP contribution in [0, 0.1) is 0 Å². The fourth-order valence-electron chi connectivity index (χ4n) is 2.96. The number of hydrogen-bond acceptors (Lipinski definition) is 5. The summed E-state index contributed by atoms with van der Waals surface area (Å²) in [4.78, 5) is 24.7. The lowest BCUT2D eigenvalue weighted by molar-refractivity contribution is -0.151. The highest BCUT2D eigenvalue weighted by Gasteiger charge is 2.28. The van der Waals surface area contributed by atoms with Gasteiger partial charge in [-0.1, -0.05) is 15.9 Å². The largest absolute Gasteiger partial charge is 0.494 e. The van der Waals surface area contributed by atoms with Crippen LogP contribution >= 0.6 is 15.9 Å². The van der Waals surface area contributed by atoms with Gasteiger partial charge < -0.3 is 19.5 Å². The third-order valence-electron chi connectivity index (χ3n) is 4.28. The molecule has 6 nitrogen and oxygen atoms in total. The summed E-state index contributed by atoms with van der Waals surface area (Å²) in [7, 11) is 0. The molecule has 1 fully saturated rings. The average molecular weight is 456 g/mol. The first kappa shape index (κ1) is 22.5. The van der Waals surface area contributed by atoms with Crippen molar-refractivity contribution in [3.63, 3.8) is 0 Å². The van der Waals surface area contributed by atoms with Crippen LogP contribution < -0.4 is 10.1 Å². The molecular formula is C21H30BrNO5. The molecule has 0 saturated heterocycles. The molecule has 7 heteroatoms. The van der Waals surface area contributed by atoms with Gasteiger partial charge in [-0.3, -0.25) is 0 Å². The molecule has 0 radical (unpaired) electrons. The molecule has 1 aromatic carbocycles. The Labute approximate surface area is 175 Å². The third-order valence-corrected chi connectivity index (χ3v) is 4.81. The van der Waals surface area contributed by atoms with Gasteiger partial charge in [0.15, 0.2) is 0 Å². The van der Waals surface area contributed by atoms with Crippen molar-refractivity contribution in [3.05, 3.63) is 28.7 Å². The average Bonchev–Trinajstić information content (AvgIpc) is 3.10. The molecule has 0 spiro atoms. The van der Waals surface area contributed by atoms with Gasteiger partial charge in [-0.05, 0) is 83.6 Å². The van der Waals surface area contributed by atoms with Gasteiger partial charge in [-0.2, -0.15) is 0 Å². The van der Waals surface area contributed by atoms with Crippen molar-refractivity contribution >= 4 is 28.0 Å². The van der Waals surface area contributed by atoms with Crippen LogP contribution in [0.1, 0.15) is 59.3 Å². The van der Waals surface area contributed by atoms with E-state index in [1.165, 1.54) is 0 Å². The van der Waals surface area contributed by atoms with E-state index in [0.717, 1.165) is 35.9 Å². The van der Waals surface area contributed by atoms with Crippen LogP contribution in [0.25, 0.3) is 0 Å². The second-order valence-electron chi connectivity index (χ2n) is 7.99. The normalized spacial score (nSPS) is 15.7. The Morgan fingerprint density at radius 2 is 1.82 bits per heavy atom. The molecule has 156 valence electrons. The van der Waals surface area contributed by atoms with Gasteiger partial charge in [0.05, 0.1) is 6.61 Å². The van der Waals surface area contributed by atoms with Gasteiger partial charge in [0.2, 0.25) is 0 Å². The summed E-state index contributed by atoms with van der Waals surface area (Å²) in [6.07, 6.45) is 4.27. The minimum absolute atomic E-state index is 0.0468. The van der Waals surface area contributed by atoms with E-state index >= 15 is 0 Å². The highest BCUT2D eigenvalue weighted by atomic mass is 79.9. The lowest BCUT2D eigenvalue weighted by atomic mass is 10.1. The number of halogens is 1. The number of nitrogens with one attached hydrogen (secondary N) is 1. The van der Waals surface area contributed by atoms with Crippen molar-refractivity contribution < 1.29 is 23.8 Å². The van der Waals surface area contributed by atoms with Crippen molar-refractivity contribution in [1.82, 2.24) is 5.32 Å². The Hall–Kier alpha value is -1.76. The van der Waals surface area contributed by atoms with Gasteiger partial charge in [0.1, 0.15) is 23.5 Å². The number of hydrogen-bond donors (Lipinski definition) is 1. The summed E-state index contributed by atoms with van der Waals surface area (Å²) < 4.78 is 17.5. The first-order valence-electron chi connectivity index (χ1n) is 9.81. The molecule has 1 N–H and O–H groups in total. The van der Waals surface area contributed by atoms with Crippen LogP contribution in [-0.2, 0) is 14.3 Å². The second kappa shape index (κ2) is 10.7. The third kappa shape index (κ3) is 8.50. The number of ether oxygens (including phenoxy) is 3. The quantitative estimate of drug-likeness (QED) is 0.441. The van der Waals surface area contributed by atoms with Gasteiger partial charge in [0, 0.05) is 4.47 Å². The molecule has 2 rings (SSSR count). The smallest absolute Gasteiger partial charge is 0.408 e. The van der Waals surface area contributed by atoms with Crippen molar-refractivity contribution in [3.8, 4) is 5.75 Å². The minimum atomic E-state index is -0.746. The first-order chi connectivity index (χ1) is 13.2. The Morgan fingerprint density at radius 3 is 2.43 bits per heavy atom. The number of alkyl carbamates (subject to hydrolysis) is 1. The zero-order chi connectivity index (χ0) is 20.6. The van der Waals surface area contributed by atoms with Gasteiger partial charge in [0.25, 0.3) is 0 Å². The summed E-state index contributed by atoms with van der Waals surface area (Å²) in [6, 6.07) is 6.80. The lowest BCUT2D eigenvalue weighted by Gasteiger charge is -2.24. The lowest BCUT2D eigenvalue weighted by Crippen LogP contribution is -2.45. The maximum Gasteiger partial charge on any atom is 0.408 e. The number of benzene rings is 1. The van der Waals surface area contributed by atoms with Crippen LogP contribution in [0.4, 0.5) is 4.79 Å². The van der Waals surface area contributed by atoms with Crippen molar-refractivity contribution in [1.29, 1.82) is 0 Å². The van der Waals surface area contributed by atoms with E-state index in [1.54, 1.807) is 20.8 Å². The van der Waals surface area contributed by atoms with Crippen molar-refractivity contribution in [2.45, 2.75) is 77.0 Å². The van der Waals surface area contributed by atoms with Gasteiger partial charge in [-0.25, -0.2) is 9.59 Å². The van der Waals surface area contributed by atoms with Crippen LogP contribution in [-0.4, -0.2) is 36.4 Å². The minimum Gasteiger partial charge on any atom is -0.494 e. The van der Waals surface area contributed by atoms with Crippen molar-refractivity contribution in [2.24, 2.45) is 0 Å². The molecule has 1 aliphatic rings. The molecule has 28 heavy (non-hydrogen) atoms. The SMILES string of the molecule is CC(C)(C)OC(=O)N[C@@H](CCCOc1ccc(Br)cc1)C(=O)OC1CCCC1. The number of esters is 1. The summed E-state index contributed by atoms with van der Waals surface area (Å²) >= 11 is 3.38. The van der Waals surface area contributed by atoms with E-state index in [1.807, 2.05) is 24.3 Å². The predicted molar refractivity (Wildman–Crippen MR) is 110 cm³/mol. The summed E-state index contributed by atoms with van der Waals surface area (Å²) in [6.45, 7) is 5.78. The monoisotopic (exact) mass is 455 g/mol. The van der Waals surface area contributed by atoms with Crippen LogP contribution in [0.2, 0.25) is 0 Å². The Balaban J connectivity index is 1.85. The molecule has 1 atom stereocenters. The van der Waals surface area contributed by atoms with Crippen molar-refractivity contribution in [2.75, 3.05) is 6.61 Å². The Morgan fingerprint density at radius 1 is 1.18 bits per heavy atom. The molecule has 1 amide bonds. The first-order valence-corrected chi connectivity index (χ1v) is 10.6. The van der Waals surface area contributed by atoms with Crippen LogP contribution in [0.3, 0.4) is 0 Å². The molecule has 0 unspecified atom stereocenters. The topological polar surface area (TPSA) is 73.9 Å². The fourth-order valence-corrected chi connectivity index (χ4v) is 3.22. The molecular weight excluding hydrogens is 426 g/mol. The van der Waals surface area contributed by atoms with Gasteiger partial charge >= 0.3 is 12.1 Å². The molecule has 1 aliphatic carbocycles. The number of carbonyl (C=O) groups is 2. The molecule has 1 aromatic rings. The number of amides is 1. The molecule has 0 aromatic heterocycles. The Kier molecular flexibility index (Phi) is 8.60. The molecule has 0 heterocycles. The van der Waals surface area contributed by atoms with E-state index in [2.05, 4.69) is 21.2 Å². The highest BCUT2D eigenvalue weighted by Crippen LogP contribution is 2.22. The molecule has 0 bridgehead atoms. The van der Waals surface area contributed by atoms with E-state index < -0.39 is 23.7 Å². The van der Waals surface area contributed by atoms with Gasteiger partial charge in [-0.15, -0.1) is 0 Å². The van der Waals surface area contributed by atoms with Crippen LogP contribution in [0.5, 0.6) is 5.75 Å². The number of carbonyl (C=O) groups excluding carboxylic acids is 2. The fraction of sp³-hybridized carbons (Fsp3) is 0.619. The zero-order valence-corrected chi connectivity index (χ0v) is 18.4. The Bertz CT molecular complexity index is 635. The van der Waals surface area contributed by atoms with E-state index in [-0.39, 0.29) is 6.10 Å². The predicted octanol–water partition coefficient (Wildman–Crippen LogP) is 4.99. The van der Waals surface area contributed by atoms with E-state index in [4.69, 9.17) is 14.2 Å². The number of rotatable bonds is 8. The van der Waals surface area contributed by atoms with Crippen LogP contribution in [0.15, 0.2) is 28.7 Å². The summed E-state index contributed by atoms with van der Waals surface area (Å²) in [5, 5.41) is 2.66. The van der Waals surface area contributed by atoms with E-state index in [0.29, 0.717) is 19.4 Å². The highest BCUT2D eigenvalue weighted by molar-refractivity contribution is 9.10. The second-order valence-corrected chi connectivity index (χ2v) is 8.90.